The number of rotatable bonds is 4. The zero-order valence-electron chi connectivity index (χ0n) is 19.0. The molecule has 0 aliphatic heterocycles. The van der Waals surface area contributed by atoms with E-state index in [9.17, 15) is 5.11 Å². The predicted octanol–water partition coefficient (Wildman–Crippen LogP) is 5.70. The number of aliphatic hydroxyl groups is 1. The lowest BCUT2D eigenvalue weighted by atomic mass is 9.77. The maximum absolute atomic E-state index is 10.4. The van der Waals surface area contributed by atoms with Gasteiger partial charge in [-0.1, -0.05) is 61.8 Å². The lowest BCUT2D eigenvalue weighted by Crippen LogP contribution is -2.49. The van der Waals surface area contributed by atoms with Crippen LogP contribution in [0, 0.1) is 0 Å². The maximum atomic E-state index is 10.4. The molecule has 0 saturated carbocycles. The first-order valence-corrected chi connectivity index (χ1v) is 10.8. The lowest BCUT2D eigenvalue weighted by molar-refractivity contribution is -0.0893. The lowest BCUT2D eigenvalue weighted by Gasteiger charge is -2.37. The minimum atomic E-state index is -0.955. The van der Waals surface area contributed by atoms with Crippen molar-refractivity contribution in [3.05, 3.63) is 65.7 Å². The Hall–Kier alpha value is -2.56. The van der Waals surface area contributed by atoms with Gasteiger partial charge in [-0.3, -0.25) is 0 Å². The van der Waals surface area contributed by atoms with Gasteiger partial charge in [0.2, 0.25) is 0 Å². The first-order chi connectivity index (χ1) is 14.5. The van der Waals surface area contributed by atoms with Crippen molar-refractivity contribution in [1.82, 2.24) is 0 Å². The highest BCUT2D eigenvalue weighted by molar-refractivity contribution is 6.47. The summed E-state index contributed by atoms with van der Waals surface area (Å²) in [7, 11) is 1.76. The second-order valence-electron chi connectivity index (χ2n) is 10.2. The molecule has 4 heteroatoms. The monoisotopic (exact) mass is 411 g/mol. The van der Waals surface area contributed by atoms with Crippen molar-refractivity contribution >= 4 is 34.9 Å². The minimum Gasteiger partial charge on any atom is -0.456 e. The average molecular weight is 411 g/mol. The summed E-state index contributed by atoms with van der Waals surface area (Å²) in [6, 6.07) is 19.0. The van der Waals surface area contributed by atoms with Crippen molar-refractivity contribution in [3.8, 4) is 11.1 Å². The third-order valence-electron chi connectivity index (χ3n) is 7.17. The summed E-state index contributed by atoms with van der Waals surface area (Å²) in [6.07, 6.45) is 0. The van der Waals surface area contributed by atoms with Gasteiger partial charge in [-0.25, -0.2) is 0 Å². The highest BCUT2D eigenvalue weighted by Crippen LogP contribution is 2.52. The van der Waals surface area contributed by atoms with Crippen LogP contribution in [0.15, 0.2) is 59.0 Å². The zero-order valence-corrected chi connectivity index (χ0v) is 19.0. The Labute approximate surface area is 184 Å². The molecule has 157 valence electrons. The molecule has 3 aromatic carbocycles. The molecular formula is C27H28BO3. The molecule has 0 amide bonds. The van der Waals surface area contributed by atoms with E-state index in [4.69, 9.17) is 9.07 Å². The van der Waals surface area contributed by atoms with Crippen molar-refractivity contribution in [3.63, 3.8) is 0 Å². The molecule has 0 bridgehead atoms. The van der Waals surface area contributed by atoms with Crippen molar-refractivity contribution in [2.45, 2.75) is 58.2 Å². The Morgan fingerprint density at radius 3 is 2.39 bits per heavy atom. The Bertz CT molecular complexity index is 1320. The third-order valence-corrected chi connectivity index (χ3v) is 7.17. The molecule has 0 spiro atoms. The fraction of sp³-hybridized carbons (Fsp3) is 0.333. The molecule has 1 aliphatic rings. The normalized spacial score (nSPS) is 15.3. The zero-order chi connectivity index (χ0) is 22.2. The summed E-state index contributed by atoms with van der Waals surface area (Å²) in [4.78, 5) is 0. The van der Waals surface area contributed by atoms with Crippen LogP contribution < -0.4 is 5.46 Å². The van der Waals surface area contributed by atoms with Crippen LogP contribution in [0.25, 0.3) is 33.1 Å². The molecule has 0 saturated heterocycles. The van der Waals surface area contributed by atoms with Crippen LogP contribution >= 0.6 is 0 Å². The molecule has 1 aliphatic carbocycles. The quantitative estimate of drug-likeness (QED) is 0.438. The highest BCUT2D eigenvalue weighted by Gasteiger charge is 2.39. The van der Waals surface area contributed by atoms with Gasteiger partial charge in [0.25, 0.3) is 0 Å². The molecule has 0 unspecified atom stereocenters. The number of para-hydroxylation sites is 1. The van der Waals surface area contributed by atoms with Crippen molar-refractivity contribution in [2.75, 3.05) is 0 Å². The van der Waals surface area contributed by atoms with E-state index >= 15 is 0 Å². The van der Waals surface area contributed by atoms with E-state index in [0.717, 1.165) is 22.0 Å². The predicted molar refractivity (Wildman–Crippen MR) is 128 cm³/mol. The van der Waals surface area contributed by atoms with Crippen LogP contribution in [-0.4, -0.2) is 23.8 Å². The van der Waals surface area contributed by atoms with Gasteiger partial charge in [-0.2, -0.15) is 0 Å². The Balaban J connectivity index is 1.63. The topological polar surface area (TPSA) is 42.6 Å². The molecule has 1 radical (unpaired) electrons. The minimum absolute atomic E-state index is 0.132. The SMILES string of the molecule is CC1(C)c2cc([B]OC(C)(C)C(C)(C)O)ccc2-c2c1ccc1oc3ccccc3c21. The van der Waals surface area contributed by atoms with Crippen LogP contribution in [0.2, 0.25) is 0 Å². The van der Waals surface area contributed by atoms with E-state index in [0.29, 0.717) is 0 Å². The van der Waals surface area contributed by atoms with Crippen LogP contribution in [0.4, 0.5) is 0 Å². The summed E-state index contributed by atoms with van der Waals surface area (Å²) in [5, 5.41) is 12.7. The molecule has 1 aromatic heterocycles. The fourth-order valence-corrected chi connectivity index (χ4v) is 4.49. The molecule has 1 heterocycles. The summed E-state index contributed by atoms with van der Waals surface area (Å²) in [5.41, 5.74) is 6.16. The van der Waals surface area contributed by atoms with Gasteiger partial charge in [0, 0.05) is 16.2 Å². The first-order valence-electron chi connectivity index (χ1n) is 10.8. The van der Waals surface area contributed by atoms with E-state index in [-0.39, 0.29) is 5.41 Å². The molecule has 5 rings (SSSR count). The largest absolute Gasteiger partial charge is 0.456 e. The van der Waals surface area contributed by atoms with E-state index in [1.165, 1.54) is 27.6 Å². The van der Waals surface area contributed by atoms with E-state index < -0.39 is 11.2 Å². The summed E-state index contributed by atoms with van der Waals surface area (Å²) in [5.74, 6) is 0. The van der Waals surface area contributed by atoms with Crippen LogP contribution in [0.1, 0.15) is 52.7 Å². The molecular weight excluding hydrogens is 383 g/mol. The number of furan rings is 1. The number of hydrogen-bond acceptors (Lipinski definition) is 3. The second kappa shape index (κ2) is 6.47. The molecule has 3 nitrogen and oxygen atoms in total. The van der Waals surface area contributed by atoms with Gasteiger partial charge in [0.05, 0.1) is 11.2 Å². The Kier molecular flexibility index (Phi) is 4.25. The van der Waals surface area contributed by atoms with Crippen LogP contribution in [-0.2, 0) is 10.1 Å². The third kappa shape index (κ3) is 2.96. The van der Waals surface area contributed by atoms with E-state index in [2.05, 4.69) is 56.3 Å². The molecule has 31 heavy (non-hydrogen) atoms. The van der Waals surface area contributed by atoms with Crippen LogP contribution in [0.3, 0.4) is 0 Å². The molecule has 0 fully saturated rings. The molecule has 0 atom stereocenters. The van der Waals surface area contributed by atoms with Gasteiger partial charge >= 0.3 is 7.48 Å². The smallest absolute Gasteiger partial charge is 0.330 e. The van der Waals surface area contributed by atoms with Crippen LogP contribution in [0.5, 0.6) is 0 Å². The van der Waals surface area contributed by atoms with Gasteiger partial charge in [-0.05, 0) is 62.1 Å². The Morgan fingerprint density at radius 2 is 1.65 bits per heavy atom. The number of fused-ring (bicyclic) bond motifs is 7. The first kappa shape index (κ1) is 20.4. The van der Waals surface area contributed by atoms with Crippen molar-refractivity contribution < 1.29 is 14.2 Å². The van der Waals surface area contributed by atoms with Gasteiger partial charge in [0.1, 0.15) is 11.2 Å². The van der Waals surface area contributed by atoms with Gasteiger partial charge in [0.15, 0.2) is 0 Å². The second-order valence-corrected chi connectivity index (χ2v) is 10.2. The Morgan fingerprint density at radius 1 is 0.903 bits per heavy atom. The summed E-state index contributed by atoms with van der Waals surface area (Å²) in [6.45, 7) is 11.9. The van der Waals surface area contributed by atoms with Gasteiger partial charge in [-0.15, -0.1) is 0 Å². The summed E-state index contributed by atoms with van der Waals surface area (Å²) < 4.78 is 12.2. The van der Waals surface area contributed by atoms with Gasteiger partial charge < -0.3 is 14.2 Å². The number of benzene rings is 3. The fourth-order valence-electron chi connectivity index (χ4n) is 4.49. The van der Waals surface area contributed by atoms with Crippen molar-refractivity contribution in [1.29, 1.82) is 0 Å². The summed E-state index contributed by atoms with van der Waals surface area (Å²) >= 11 is 0. The van der Waals surface area contributed by atoms with E-state index in [1.807, 2.05) is 26.0 Å². The van der Waals surface area contributed by atoms with Crippen molar-refractivity contribution in [2.24, 2.45) is 0 Å². The molecule has 1 N–H and O–H groups in total. The standard InChI is InChI=1S/C27H28BO3/c1-25(2)19-13-14-22-24(18-9-7-8-10-21(18)30-22)23(19)17-12-11-16(15-20(17)25)28-31-27(5,6)26(3,4)29/h7-15,29H,1-6H3. The maximum Gasteiger partial charge on any atom is 0.330 e. The number of hydrogen-bond donors (Lipinski definition) is 1. The average Bonchev–Trinajstić information content (AvgIpc) is 3.19. The highest BCUT2D eigenvalue weighted by atomic mass is 16.5. The molecule has 4 aromatic rings. The van der Waals surface area contributed by atoms with E-state index in [1.54, 1.807) is 21.3 Å².